The minimum atomic E-state index is 0. The standard InChI is InChI=1S/C11H11NO.ClH/c1-2-4-10-8(3-1)9-5-6-13-7-11(9)12-10;/h1-4,9H,5-7H2;1H. The Bertz CT molecular complexity index is 375. The summed E-state index contributed by atoms with van der Waals surface area (Å²) < 4.78 is 5.38. The van der Waals surface area contributed by atoms with E-state index in [0.29, 0.717) is 5.92 Å². The predicted molar refractivity (Wildman–Crippen MR) is 59.0 cm³/mol. The van der Waals surface area contributed by atoms with E-state index in [-0.39, 0.29) is 12.4 Å². The zero-order valence-corrected chi connectivity index (χ0v) is 8.59. The van der Waals surface area contributed by atoms with Gasteiger partial charge in [0.05, 0.1) is 18.0 Å². The molecule has 0 amide bonds. The molecule has 1 unspecified atom stereocenters. The second-order valence-corrected chi connectivity index (χ2v) is 3.56. The van der Waals surface area contributed by atoms with Crippen LogP contribution in [0.3, 0.4) is 0 Å². The van der Waals surface area contributed by atoms with Gasteiger partial charge < -0.3 is 4.74 Å². The van der Waals surface area contributed by atoms with Crippen LogP contribution in [0.15, 0.2) is 29.3 Å². The Morgan fingerprint density at radius 3 is 3.07 bits per heavy atom. The molecule has 1 aromatic rings. The fourth-order valence-electron chi connectivity index (χ4n) is 2.13. The Kier molecular flexibility index (Phi) is 2.57. The minimum Gasteiger partial charge on any atom is -0.375 e. The summed E-state index contributed by atoms with van der Waals surface area (Å²) in [6.07, 6.45) is 1.09. The van der Waals surface area contributed by atoms with E-state index in [1.165, 1.54) is 11.3 Å². The summed E-state index contributed by atoms with van der Waals surface area (Å²) in [5.74, 6) is 0.546. The Hall–Kier alpha value is -0.860. The van der Waals surface area contributed by atoms with E-state index in [0.717, 1.165) is 25.3 Å². The molecule has 3 rings (SSSR count). The van der Waals surface area contributed by atoms with Gasteiger partial charge in [-0.25, -0.2) is 0 Å². The number of ether oxygens (including phenoxy) is 1. The van der Waals surface area contributed by atoms with Crippen molar-refractivity contribution in [3.8, 4) is 0 Å². The van der Waals surface area contributed by atoms with Crippen molar-refractivity contribution in [2.45, 2.75) is 12.3 Å². The van der Waals surface area contributed by atoms with E-state index in [9.17, 15) is 0 Å². The number of para-hydroxylation sites is 1. The van der Waals surface area contributed by atoms with Crippen molar-refractivity contribution in [1.29, 1.82) is 0 Å². The second-order valence-electron chi connectivity index (χ2n) is 3.56. The molecule has 0 aromatic heterocycles. The second kappa shape index (κ2) is 3.71. The van der Waals surface area contributed by atoms with Gasteiger partial charge in [0.1, 0.15) is 0 Å². The molecule has 0 aliphatic carbocycles. The van der Waals surface area contributed by atoms with E-state index < -0.39 is 0 Å². The number of fused-ring (bicyclic) bond motifs is 3. The molecular weight excluding hydrogens is 198 g/mol. The third-order valence-electron chi connectivity index (χ3n) is 2.78. The summed E-state index contributed by atoms with van der Waals surface area (Å²) in [4.78, 5) is 4.57. The van der Waals surface area contributed by atoms with Gasteiger partial charge in [-0.1, -0.05) is 18.2 Å². The Morgan fingerprint density at radius 2 is 2.14 bits per heavy atom. The fraction of sp³-hybridized carbons (Fsp3) is 0.364. The summed E-state index contributed by atoms with van der Waals surface area (Å²) in [5, 5.41) is 0. The van der Waals surface area contributed by atoms with Crippen molar-refractivity contribution >= 4 is 23.8 Å². The number of halogens is 1. The summed E-state index contributed by atoms with van der Waals surface area (Å²) in [7, 11) is 0. The van der Waals surface area contributed by atoms with Crippen LogP contribution in [-0.2, 0) is 4.74 Å². The fourth-order valence-corrected chi connectivity index (χ4v) is 2.13. The van der Waals surface area contributed by atoms with Gasteiger partial charge in [-0.15, -0.1) is 12.4 Å². The van der Waals surface area contributed by atoms with Gasteiger partial charge in [0.25, 0.3) is 0 Å². The zero-order chi connectivity index (χ0) is 8.67. The smallest absolute Gasteiger partial charge is 0.0855 e. The summed E-state index contributed by atoms with van der Waals surface area (Å²) in [6.45, 7) is 1.59. The lowest BCUT2D eigenvalue weighted by Gasteiger charge is -2.19. The Labute approximate surface area is 89.4 Å². The first-order chi connectivity index (χ1) is 6.45. The molecule has 14 heavy (non-hydrogen) atoms. The maximum Gasteiger partial charge on any atom is 0.0855 e. The number of rotatable bonds is 0. The molecule has 0 radical (unpaired) electrons. The maximum atomic E-state index is 5.38. The number of hydrogen-bond donors (Lipinski definition) is 0. The highest BCUT2D eigenvalue weighted by molar-refractivity contribution is 5.99. The molecule has 0 spiro atoms. The summed E-state index contributed by atoms with van der Waals surface area (Å²) >= 11 is 0. The van der Waals surface area contributed by atoms with Crippen LogP contribution in [-0.4, -0.2) is 18.9 Å². The van der Waals surface area contributed by atoms with Crippen molar-refractivity contribution in [2.75, 3.05) is 13.2 Å². The van der Waals surface area contributed by atoms with E-state index in [1.807, 2.05) is 6.07 Å². The van der Waals surface area contributed by atoms with Crippen molar-refractivity contribution < 1.29 is 4.74 Å². The van der Waals surface area contributed by atoms with Gasteiger partial charge in [0.2, 0.25) is 0 Å². The number of benzene rings is 1. The molecule has 2 heterocycles. The molecule has 3 heteroatoms. The van der Waals surface area contributed by atoms with Crippen LogP contribution in [0.4, 0.5) is 5.69 Å². The first-order valence-corrected chi connectivity index (χ1v) is 4.69. The highest BCUT2D eigenvalue weighted by Crippen LogP contribution is 2.38. The van der Waals surface area contributed by atoms with E-state index in [2.05, 4.69) is 23.2 Å². The van der Waals surface area contributed by atoms with Crippen LogP contribution in [0.2, 0.25) is 0 Å². The molecule has 1 aromatic carbocycles. The molecule has 1 saturated heterocycles. The van der Waals surface area contributed by atoms with Crippen LogP contribution in [0.5, 0.6) is 0 Å². The lowest BCUT2D eigenvalue weighted by Crippen LogP contribution is -2.23. The topological polar surface area (TPSA) is 21.6 Å². The molecule has 1 atom stereocenters. The van der Waals surface area contributed by atoms with Gasteiger partial charge in [-0.3, -0.25) is 4.99 Å². The average molecular weight is 210 g/mol. The van der Waals surface area contributed by atoms with Crippen LogP contribution in [0.1, 0.15) is 17.9 Å². The molecule has 0 bridgehead atoms. The Balaban J connectivity index is 0.000000750. The largest absolute Gasteiger partial charge is 0.375 e. The number of nitrogens with zero attached hydrogens (tertiary/aromatic N) is 1. The van der Waals surface area contributed by atoms with Crippen LogP contribution >= 0.6 is 12.4 Å². The molecule has 2 aliphatic heterocycles. The highest BCUT2D eigenvalue weighted by atomic mass is 35.5. The van der Waals surface area contributed by atoms with E-state index in [4.69, 9.17) is 4.74 Å². The third-order valence-corrected chi connectivity index (χ3v) is 2.78. The quantitative estimate of drug-likeness (QED) is 0.644. The SMILES string of the molecule is Cl.c1ccc2c(c1)N=C1COCCC12. The highest BCUT2D eigenvalue weighted by Gasteiger charge is 2.29. The van der Waals surface area contributed by atoms with Crippen LogP contribution in [0.25, 0.3) is 0 Å². The van der Waals surface area contributed by atoms with Gasteiger partial charge in [0, 0.05) is 12.5 Å². The lowest BCUT2D eigenvalue weighted by molar-refractivity contribution is 0.149. The van der Waals surface area contributed by atoms with E-state index in [1.54, 1.807) is 0 Å². The van der Waals surface area contributed by atoms with Crippen molar-refractivity contribution in [2.24, 2.45) is 4.99 Å². The third kappa shape index (κ3) is 1.35. The van der Waals surface area contributed by atoms with Gasteiger partial charge in [-0.05, 0) is 18.1 Å². The molecule has 74 valence electrons. The molecule has 2 nitrogen and oxygen atoms in total. The first-order valence-electron chi connectivity index (χ1n) is 4.69. The molecular formula is C11H12ClNO. The van der Waals surface area contributed by atoms with E-state index >= 15 is 0 Å². The van der Waals surface area contributed by atoms with Crippen molar-refractivity contribution in [1.82, 2.24) is 0 Å². The normalized spacial score (nSPS) is 23.1. The number of hydrogen-bond acceptors (Lipinski definition) is 2. The first kappa shape index (κ1) is 9.69. The Morgan fingerprint density at radius 1 is 1.29 bits per heavy atom. The van der Waals surface area contributed by atoms with Crippen molar-refractivity contribution in [3.05, 3.63) is 29.8 Å². The zero-order valence-electron chi connectivity index (χ0n) is 7.77. The lowest BCUT2D eigenvalue weighted by atomic mass is 9.92. The van der Waals surface area contributed by atoms with Crippen molar-refractivity contribution in [3.63, 3.8) is 0 Å². The summed E-state index contributed by atoms with van der Waals surface area (Å²) in [6, 6.07) is 8.40. The molecule has 0 N–H and O–H groups in total. The number of aliphatic imine (C=N–C) groups is 1. The molecule has 2 aliphatic rings. The maximum absolute atomic E-state index is 5.38. The minimum absolute atomic E-state index is 0. The van der Waals surface area contributed by atoms with Gasteiger partial charge >= 0.3 is 0 Å². The molecule has 1 fully saturated rings. The van der Waals surface area contributed by atoms with Gasteiger partial charge in [0.15, 0.2) is 0 Å². The predicted octanol–water partition coefficient (Wildman–Crippen LogP) is 2.70. The average Bonchev–Trinajstić information content (AvgIpc) is 2.56. The van der Waals surface area contributed by atoms with Crippen LogP contribution in [0, 0.1) is 0 Å². The molecule has 0 saturated carbocycles. The summed E-state index contributed by atoms with van der Waals surface area (Å²) in [5.41, 5.74) is 3.75. The monoisotopic (exact) mass is 209 g/mol. The van der Waals surface area contributed by atoms with Gasteiger partial charge in [-0.2, -0.15) is 0 Å². The van der Waals surface area contributed by atoms with Crippen LogP contribution < -0.4 is 0 Å².